The molecule has 1 atom stereocenters. The van der Waals surface area contributed by atoms with Crippen molar-refractivity contribution in [3.63, 3.8) is 0 Å². The number of thiocarbonyl (C=S) groups is 1. The van der Waals surface area contributed by atoms with E-state index < -0.39 is 5.41 Å². The Morgan fingerprint density at radius 2 is 2.12 bits per heavy atom. The first-order valence-corrected chi connectivity index (χ1v) is 6.44. The van der Waals surface area contributed by atoms with Crippen molar-refractivity contribution < 1.29 is 4.79 Å². The highest BCUT2D eigenvalue weighted by atomic mass is 32.1. The molecule has 0 aromatic carbocycles. The molecule has 1 unspecified atom stereocenters. The van der Waals surface area contributed by atoms with E-state index in [4.69, 9.17) is 18.0 Å². The Balaban J connectivity index is 2.59. The van der Waals surface area contributed by atoms with E-state index in [1.54, 1.807) is 0 Å². The van der Waals surface area contributed by atoms with Crippen LogP contribution in [-0.2, 0) is 4.79 Å². The minimum absolute atomic E-state index is 0.00236. The van der Waals surface area contributed by atoms with Gasteiger partial charge in [0.15, 0.2) is 0 Å². The minimum atomic E-state index is -0.588. The van der Waals surface area contributed by atoms with Gasteiger partial charge in [0.1, 0.15) is 0 Å². The lowest BCUT2D eigenvalue weighted by Gasteiger charge is -2.44. The number of carbonyl (C=O) groups is 1. The monoisotopic (exact) mass is 257 g/mol. The Morgan fingerprint density at radius 3 is 2.47 bits per heavy atom. The van der Waals surface area contributed by atoms with Gasteiger partial charge in [-0.3, -0.25) is 4.79 Å². The maximum absolute atomic E-state index is 12.2. The average molecular weight is 257 g/mol. The lowest BCUT2D eigenvalue weighted by molar-refractivity contribution is -0.133. The van der Waals surface area contributed by atoms with Crippen LogP contribution in [0.2, 0.25) is 0 Å². The van der Waals surface area contributed by atoms with Crippen LogP contribution in [0.1, 0.15) is 26.7 Å². The van der Waals surface area contributed by atoms with Crippen molar-refractivity contribution >= 4 is 23.1 Å². The molecule has 0 saturated heterocycles. The lowest BCUT2D eigenvalue weighted by atomic mass is 9.62. The fourth-order valence-corrected chi connectivity index (χ4v) is 2.84. The van der Waals surface area contributed by atoms with Crippen molar-refractivity contribution in [3.05, 3.63) is 0 Å². The van der Waals surface area contributed by atoms with Gasteiger partial charge in [0.2, 0.25) is 5.91 Å². The van der Waals surface area contributed by atoms with Crippen LogP contribution in [0.3, 0.4) is 0 Å². The highest BCUT2D eigenvalue weighted by Crippen LogP contribution is 2.46. The second-order valence-corrected chi connectivity index (χ2v) is 6.04. The predicted octanol–water partition coefficient (Wildman–Crippen LogP) is 0.755. The molecule has 0 radical (unpaired) electrons. The van der Waals surface area contributed by atoms with Crippen LogP contribution in [0.15, 0.2) is 0 Å². The zero-order chi connectivity index (χ0) is 13.2. The number of amides is 1. The first-order chi connectivity index (χ1) is 7.78. The Morgan fingerprint density at radius 1 is 1.59 bits per heavy atom. The second kappa shape index (κ2) is 5.31. The van der Waals surface area contributed by atoms with Gasteiger partial charge < -0.3 is 16.0 Å². The first-order valence-electron chi connectivity index (χ1n) is 6.03. The number of carbonyl (C=O) groups excluding carboxylic acids is 1. The largest absolute Gasteiger partial charge is 0.392 e. The maximum Gasteiger partial charge on any atom is 0.233 e. The van der Waals surface area contributed by atoms with E-state index in [2.05, 4.69) is 12.2 Å². The van der Waals surface area contributed by atoms with Crippen molar-refractivity contribution in [2.75, 3.05) is 20.6 Å². The van der Waals surface area contributed by atoms with Crippen LogP contribution in [-0.4, -0.2) is 42.5 Å². The summed E-state index contributed by atoms with van der Waals surface area (Å²) in [7, 11) is 3.97. The molecule has 0 heterocycles. The van der Waals surface area contributed by atoms with Crippen LogP contribution in [0.5, 0.6) is 0 Å². The first kappa shape index (κ1) is 14.4. The molecular formula is C12H23N3OS. The number of likely N-dealkylation sites (N-methyl/N-ethyl adjacent to an activating group) is 1. The van der Waals surface area contributed by atoms with E-state index in [0.29, 0.717) is 10.9 Å². The number of rotatable bonds is 5. The molecule has 1 aliphatic carbocycles. The Labute approximate surface area is 109 Å². The highest BCUT2D eigenvalue weighted by Gasteiger charge is 2.50. The molecule has 5 heteroatoms. The molecule has 98 valence electrons. The highest BCUT2D eigenvalue weighted by molar-refractivity contribution is 7.80. The summed E-state index contributed by atoms with van der Waals surface area (Å²) in [5, 5.41) is 3.01. The van der Waals surface area contributed by atoms with Crippen molar-refractivity contribution in [1.29, 1.82) is 0 Å². The second-order valence-electron chi connectivity index (χ2n) is 5.60. The van der Waals surface area contributed by atoms with E-state index in [1.807, 2.05) is 25.9 Å². The fourth-order valence-electron chi connectivity index (χ4n) is 2.58. The van der Waals surface area contributed by atoms with Gasteiger partial charge in [-0.1, -0.05) is 19.1 Å². The summed E-state index contributed by atoms with van der Waals surface area (Å²) in [4.78, 5) is 14.6. The van der Waals surface area contributed by atoms with Gasteiger partial charge in [0.25, 0.3) is 0 Å². The third-order valence-corrected chi connectivity index (χ3v) is 3.71. The molecule has 1 saturated carbocycles. The molecule has 1 amide bonds. The summed E-state index contributed by atoms with van der Waals surface area (Å²) >= 11 is 5.06. The van der Waals surface area contributed by atoms with E-state index >= 15 is 0 Å². The molecule has 0 bridgehead atoms. The standard InChI is InChI=1S/C12H23N3OS/c1-8-5-12(6-8,10(13)17)11(16)14-9(2)7-15(3)4/h8-9H,5-7H2,1-4H3,(H2,13,17)(H,14,16). The number of hydrogen-bond acceptors (Lipinski definition) is 3. The third-order valence-electron chi connectivity index (χ3n) is 3.32. The zero-order valence-electron chi connectivity index (χ0n) is 11.1. The smallest absolute Gasteiger partial charge is 0.233 e. The molecule has 1 aliphatic rings. The van der Waals surface area contributed by atoms with Gasteiger partial charge >= 0.3 is 0 Å². The topological polar surface area (TPSA) is 58.4 Å². The molecule has 17 heavy (non-hydrogen) atoms. The van der Waals surface area contributed by atoms with Crippen molar-refractivity contribution in [2.45, 2.75) is 32.7 Å². The maximum atomic E-state index is 12.2. The van der Waals surface area contributed by atoms with Gasteiger partial charge in [0.05, 0.1) is 10.4 Å². The molecule has 3 N–H and O–H groups in total. The van der Waals surface area contributed by atoms with Gasteiger partial charge in [-0.2, -0.15) is 0 Å². The summed E-state index contributed by atoms with van der Waals surface area (Å²) < 4.78 is 0. The fraction of sp³-hybridized carbons (Fsp3) is 0.833. The van der Waals surface area contributed by atoms with Gasteiger partial charge in [-0.25, -0.2) is 0 Å². The Hall–Kier alpha value is -0.680. The molecule has 1 rings (SSSR count). The molecule has 0 aliphatic heterocycles. The number of nitrogens with one attached hydrogen (secondary N) is 1. The molecule has 0 spiro atoms. The third kappa shape index (κ3) is 3.16. The molecular weight excluding hydrogens is 234 g/mol. The van der Waals surface area contributed by atoms with Crippen LogP contribution in [0.4, 0.5) is 0 Å². The number of nitrogens with two attached hydrogens (primary N) is 1. The normalized spacial score (nSPS) is 29.6. The summed E-state index contributed by atoms with van der Waals surface area (Å²) in [6.07, 6.45) is 1.56. The van der Waals surface area contributed by atoms with Crippen molar-refractivity contribution in [3.8, 4) is 0 Å². The van der Waals surface area contributed by atoms with Gasteiger partial charge in [-0.05, 0) is 39.8 Å². The van der Waals surface area contributed by atoms with Crippen molar-refractivity contribution in [2.24, 2.45) is 17.1 Å². The number of nitrogens with zero attached hydrogens (tertiary/aromatic N) is 1. The van der Waals surface area contributed by atoms with Gasteiger partial charge in [-0.15, -0.1) is 0 Å². The van der Waals surface area contributed by atoms with Crippen LogP contribution in [0.25, 0.3) is 0 Å². The lowest BCUT2D eigenvalue weighted by Crippen LogP contribution is -2.58. The van der Waals surface area contributed by atoms with Crippen LogP contribution < -0.4 is 11.1 Å². The van der Waals surface area contributed by atoms with E-state index in [-0.39, 0.29) is 11.9 Å². The predicted molar refractivity (Wildman–Crippen MR) is 73.8 cm³/mol. The minimum Gasteiger partial charge on any atom is -0.392 e. The zero-order valence-corrected chi connectivity index (χ0v) is 11.9. The van der Waals surface area contributed by atoms with Gasteiger partial charge in [0, 0.05) is 12.6 Å². The van der Waals surface area contributed by atoms with E-state index in [9.17, 15) is 4.79 Å². The Bertz CT molecular complexity index is 311. The summed E-state index contributed by atoms with van der Waals surface area (Å²) in [6.45, 7) is 4.93. The van der Waals surface area contributed by atoms with Crippen LogP contribution in [0, 0.1) is 11.3 Å². The van der Waals surface area contributed by atoms with E-state index in [1.165, 1.54) is 0 Å². The Kier molecular flexibility index (Phi) is 4.49. The summed E-state index contributed by atoms with van der Waals surface area (Å²) in [5.74, 6) is 0.531. The molecule has 0 aromatic heterocycles. The quantitative estimate of drug-likeness (QED) is 0.714. The molecule has 4 nitrogen and oxygen atoms in total. The van der Waals surface area contributed by atoms with Crippen molar-refractivity contribution in [1.82, 2.24) is 10.2 Å². The average Bonchev–Trinajstić information content (AvgIpc) is 2.09. The molecule has 1 fully saturated rings. The van der Waals surface area contributed by atoms with E-state index in [0.717, 1.165) is 19.4 Å². The van der Waals surface area contributed by atoms with Crippen LogP contribution >= 0.6 is 12.2 Å². The summed E-state index contributed by atoms with van der Waals surface area (Å²) in [5.41, 5.74) is 5.15. The SMILES string of the molecule is CC1CC(C(=O)NC(C)CN(C)C)(C(N)=S)C1. The summed E-state index contributed by atoms with van der Waals surface area (Å²) in [6, 6.07) is 0.111. The molecule has 0 aromatic rings. The number of hydrogen-bond donors (Lipinski definition) is 2.